The Morgan fingerprint density at radius 2 is 2.00 bits per heavy atom. The third-order valence-electron chi connectivity index (χ3n) is 2.10. The fourth-order valence-corrected chi connectivity index (χ4v) is 1.38. The highest BCUT2D eigenvalue weighted by molar-refractivity contribution is 5.69. The summed E-state index contributed by atoms with van der Waals surface area (Å²) in [7, 11) is 3.66. The van der Waals surface area contributed by atoms with Gasteiger partial charge in [0.1, 0.15) is 0 Å². The molecule has 0 bridgehead atoms. The summed E-state index contributed by atoms with van der Waals surface area (Å²) in [6, 6.07) is 7.93. The van der Waals surface area contributed by atoms with E-state index in [0.717, 1.165) is 11.3 Å². The van der Waals surface area contributed by atoms with Crippen LogP contribution in [0, 0.1) is 0 Å². The number of carboxylic acids is 1. The number of aliphatic carboxylic acids is 1. The van der Waals surface area contributed by atoms with Crippen LogP contribution < -0.4 is 5.32 Å². The maximum Gasteiger partial charge on any atom is 0.317 e. The first kappa shape index (κ1) is 11.5. The van der Waals surface area contributed by atoms with Crippen LogP contribution in [0.2, 0.25) is 0 Å². The van der Waals surface area contributed by atoms with Crippen molar-refractivity contribution < 1.29 is 9.90 Å². The van der Waals surface area contributed by atoms with Gasteiger partial charge >= 0.3 is 5.97 Å². The van der Waals surface area contributed by atoms with E-state index in [0.29, 0.717) is 6.54 Å². The van der Waals surface area contributed by atoms with E-state index in [9.17, 15) is 4.79 Å². The topological polar surface area (TPSA) is 52.6 Å². The van der Waals surface area contributed by atoms with Gasteiger partial charge in [-0.3, -0.25) is 9.69 Å². The Kier molecular flexibility index (Phi) is 4.12. The van der Waals surface area contributed by atoms with Gasteiger partial charge in [-0.05, 0) is 24.7 Å². The van der Waals surface area contributed by atoms with E-state index in [4.69, 9.17) is 5.11 Å². The molecule has 2 N–H and O–H groups in total. The quantitative estimate of drug-likeness (QED) is 0.764. The second-order valence-corrected chi connectivity index (χ2v) is 3.51. The largest absolute Gasteiger partial charge is 0.480 e. The summed E-state index contributed by atoms with van der Waals surface area (Å²) in [5.41, 5.74) is 2.16. The maximum absolute atomic E-state index is 10.4. The zero-order chi connectivity index (χ0) is 11.3. The second-order valence-electron chi connectivity index (χ2n) is 3.51. The zero-order valence-corrected chi connectivity index (χ0v) is 9.03. The molecular formula is C11H16N2O2. The van der Waals surface area contributed by atoms with Crippen molar-refractivity contribution in [2.75, 3.05) is 26.0 Å². The molecule has 4 nitrogen and oxygen atoms in total. The number of carboxylic acid groups (broad SMARTS) is 1. The second kappa shape index (κ2) is 5.36. The minimum absolute atomic E-state index is 0.0633. The number of likely N-dealkylation sites (N-methyl/N-ethyl adjacent to an activating group) is 1. The molecule has 1 aromatic carbocycles. The molecule has 1 aromatic rings. The zero-order valence-electron chi connectivity index (χ0n) is 9.03. The number of carbonyl (C=O) groups is 1. The van der Waals surface area contributed by atoms with E-state index in [1.807, 2.05) is 31.3 Å². The van der Waals surface area contributed by atoms with Gasteiger partial charge in [-0.2, -0.15) is 0 Å². The van der Waals surface area contributed by atoms with Crippen molar-refractivity contribution in [1.82, 2.24) is 4.90 Å². The molecule has 1 rings (SSSR count). The van der Waals surface area contributed by atoms with Gasteiger partial charge < -0.3 is 10.4 Å². The monoisotopic (exact) mass is 208 g/mol. The molecule has 0 aliphatic rings. The summed E-state index contributed by atoms with van der Waals surface area (Å²) in [6.07, 6.45) is 0. The Morgan fingerprint density at radius 1 is 1.40 bits per heavy atom. The van der Waals surface area contributed by atoms with E-state index >= 15 is 0 Å². The Hall–Kier alpha value is -1.55. The molecule has 0 amide bonds. The maximum atomic E-state index is 10.4. The van der Waals surface area contributed by atoms with Crippen LogP contribution in [0.15, 0.2) is 24.3 Å². The molecular weight excluding hydrogens is 192 g/mol. The Labute approximate surface area is 89.5 Å². The SMILES string of the molecule is CNc1ccc(CN(C)CC(=O)O)cc1. The molecule has 0 aliphatic heterocycles. The van der Waals surface area contributed by atoms with Crippen LogP contribution in [0.25, 0.3) is 0 Å². The standard InChI is InChI=1S/C11H16N2O2/c1-12-10-5-3-9(4-6-10)7-13(2)8-11(14)15/h3-6,12H,7-8H2,1-2H3,(H,14,15). The predicted molar refractivity (Wildman–Crippen MR) is 60.0 cm³/mol. The highest BCUT2D eigenvalue weighted by Crippen LogP contribution is 2.09. The molecule has 0 saturated heterocycles. The number of nitrogens with one attached hydrogen (secondary N) is 1. The number of nitrogens with zero attached hydrogens (tertiary/aromatic N) is 1. The third-order valence-corrected chi connectivity index (χ3v) is 2.10. The van der Waals surface area contributed by atoms with Crippen LogP contribution in [0.3, 0.4) is 0 Å². The van der Waals surface area contributed by atoms with E-state index in [1.165, 1.54) is 0 Å². The van der Waals surface area contributed by atoms with Crippen molar-refractivity contribution in [3.8, 4) is 0 Å². The van der Waals surface area contributed by atoms with Crippen LogP contribution in [0.5, 0.6) is 0 Å². The first-order valence-electron chi connectivity index (χ1n) is 4.79. The van der Waals surface area contributed by atoms with Crippen LogP contribution >= 0.6 is 0 Å². The van der Waals surface area contributed by atoms with Gasteiger partial charge in [0.15, 0.2) is 0 Å². The summed E-state index contributed by atoms with van der Waals surface area (Å²) in [5.74, 6) is -0.802. The number of benzene rings is 1. The Balaban J connectivity index is 2.53. The smallest absolute Gasteiger partial charge is 0.317 e. The fraction of sp³-hybridized carbons (Fsp3) is 0.364. The van der Waals surface area contributed by atoms with Crippen molar-refractivity contribution in [2.45, 2.75) is 6.54 Å². The highest BCUT2D eigenvalue weighted by Gasteiger charge is 2.04. The number of hydrogen-bond donors (Lipinski definition) is 2. The molecule has 0 radical (unpaired) electrons. The van der Waals surface area contributed by atoms with E-state index in [-0.39, 0.29) is 6.54 Å². The van der Waals surface area contributed by atoms with Crippen molar-refractivity contribution in [2.24, 2.45) is 0 Å². The number of rotatable bonds is 5. The van der Waals surface area contributed by atoms with Gasteiger partial charge in [-0.15, -0.1) is 0 Å². The summed E-state index contributed by atoms with van der Waals surface area (Å²) in [6.45, 7) is 0.712. The molecule has 15 heavy (non-hydrogen) atoms. The lowest BCUT2D eigenvalue weighted by Gasteiger charge is -2.14. The van der Waals surface area contributed by atoms with Gasteiger partial charge in [0.05, 0.1) is 6.54 Å². The molecule has 0 unspecified atom stereocenters. The van der Waals surface area contributed by atoms with E-state index in [2.05, 4.69) is 5.32 Å². The summed E-state index contributed by atoms with van der Waals surface area (Å²) >= 11 is 0. The lowest BCUT2D eigenvalue weighted by atomic mass is 10.2. The van der Waals surface area contributed by atoms with Crippen LogP contribution in [-0.4, -0.2) is 36.6 Å². The molecule has 0 aliphatic carbocycles. The van der Waals surface area contributed by atoms with Crippen molar-refractivity contribution in [1.29, 1.82) is 0 Å². The summed E-state index contributed by atoms with van der Waals surface area (Å²) < 4.78 is 0. The molecule has 0 atom stereocenters. The minimum Gasteiger partial charge on any atom is -0.480 e. The summed E-state index contributed by atoms with van der Waals surface area (Å²) in [5, 5.41) is 11.6. The normalized spacial score (nSPS) is 10.3. The Bertz CT molecular complexity index is 322. The highest BCUT2D eigenvalue weighted by atomic mass is 16.4. The van der Waals surface area contributed by atoms with Crippen LogP contribution in [0.4, 0.5) is 5.69 Å². The molecule has 82 valence electrons. The molecule has 0 fully saturated rings. The Morgan fingerprint density at radius 3 is 2.47 bits per heavy atom. The van der Waals surface area contributed by atoms with Crippen LogP contribution in [-0.2, 0) is 11.3 Å². The first-order chi connectivity index (χ1) is 7.11. The van der Waals surface area contributed by atoms with Gasteiger partial charge in [-0.1, -0.05) is 12.1 Å². The average Bonchev–Trinajstić information content (AvgIpc) is 2.17. The number of hydrogen-bond acceptors (Lipinski definition) is 3. The lowest BCUT2D eigenvalue weighted by Crippen LogP contribution is -2.25. The van der Waals surface area contributed by atoms with Crippen molar-refractivity contribution in [3.63, 3.8) is 0 Å². The van der Waals surface area contributed by atoms with Crippen LogP contribution in [0.1, 0.15) is 5.56 Å². The molecule has 0 aromatic heterocycles. The molecule has 4 heteroatoms. The first-order valence-corrected chi connectivity index (χ1v) is 4.79. The van der Waals surface area contributed by atoms with E-state index in [1.54, 1.807) is 11.9 Å². The fourth-order valence-electron chi connectivity index (χ4n) is 1.38. The van der Waals surface area contributed by atoms with Gasteiger partial charge in [0.25, 0.3) is 0 Å². The summed E-state index contributed by atoms with van der Waals surface area (Å²) in [4.78, 5) is 12.2. The molecule has 0 saturated carbocycles. The van der Waals surface area contributed by atoms with Gasteiger partial charge in [0.2, 0.25) is 0 Å². The predicted octanol–water partition coefficient (Wildman–Crippen LogP) is 1.24. The molecule has 0 heterocycles. The number of anilines is 1. The minimum atomic E-state index is -0.802. The molecule has 0 spiro atoms. The lowest BCUT2D eigenvalue weighted by molar-refractivity contribution is -0.138. The van der Waals surface area contributed by atoms with E-state index < -0.39 is 5.97 Å². The van der Waals surface area contributed by atoms with Crippen molar-refractivity contribution in [3.05, 3.63) is 29.8 Å². The van der Waals surface area contributed by atoms with Crippen molar-refractivity contribution >= 4 is 11.7 Å². The van der Waals surface area contributed by atoms with Gasteiger partial charge in [0, 0.05) is 19.3 Å². The average molecular weight is 208 g/mol. The van der Waals surface area contributed by atoms with Gasteiger partial charge in [-0.25, -0.2) is 0 Å². The third kappa shape index (κ3) is 3.99.